The molecule has 0 atom stereocenters. The number of ether oxygens (including phenoxy) is 1. The van der Waals surface area contributed by atoms with E-state index in [0.29, 0.717) is 16.6 Å². The SMILES string of the molecule is COC(=O)c1cc(I)c(C)cc1NCc1cnc(Cl)s1. The van der Waals surface area contributed by atoms with E-state index < -0.39 is 0 Å². The quantitative estimate of drug-likeness (QED) is 0.595. The van der Waals surface area contributed by atoms with Crippen LogP contribution in [0.25, 0.3) is 0 Å². The predicted octanol–water partition coefficient (Wildman–Crippen LogP) is 4.11. The van der Waals surface area contributed by atoms with Crippen molar-refractivity contribution in [2.75, 3.05) is 12.4 Å². The Morgan fingerprint density at radius 3 is 2.90 bits per heavy atom. The molecule has 0 spiro atoms. The minimum atomic E-state index is -0.354. The van der Waals surface area contributed by atoms with Gasteiger partial charge in [-0.15, -0.1) is 11.3 Å². The maximum absolute atomic E-state index is 11.8. The van der Waals surface area contributed by atoms with Crippen molar-refractivity contribution in [1.82, 2.24) is 4.98 Å². The number of esters is 1. The lowest BCUT2D eigenvalue weighted by atomic mass is 10.1. The van der Waals surface area contributed by atoms with Crippen LogP contribution in [0.1, 0.15) is 20.8 Å². The van der Waals surface area contributed by atoms with Gasteiger partial charge in [-0.25, -0.2) is 9.78 Å². The van der Waals surface area contributed by atoms with E-state index in [0.717, 1.165) is 19.7 Å². The third-order valence-electron chi connectivity index (χ3n) is 2.68. The monoisotopic (exact) mass is 422 g/mol. The van der Waals surface area contributed by atoms with Gasteiger partial charge in [0.2, 0.25) is 0 Å². The van der Waals surface area contributed by atoms with Crippen molar-refractivity contribution in [3.63, 3.8) is 0 Å². The summed E-state index contributed by atoms with van der Waals surface area (Å²) in [6, 6.07) is 3.76. The van der Waals surface area contributed by atoms with Gasteiger partial charge in [0.15, 0.2) is 4.47 Å². The van der Waals surface area contributed by atoms with Crippen LogP contribution >= 0.6 is 45.5 Å². The molecular weight excluding hydrogens is 411 g/mol. The Hall–Kier alpha value is -0.860. The van der Waals surface area contributed by atoms with Crippen LogP contribution in [0.15, 0.2) is 18.3 Å². The Morgan fingerprint density at radius 1 is 1.55 bits per heavy atom. The third kappa shape index (κ3) is 3.62. The molecule has 0 bridgehead atoms. The van der Waals surface area contributed by atoms with Crippen molar-refractivity contribution in [2.45, 2.75) is 13.5 Å². The first kappa shape index (κ1) is 15.5. The standard InChI is InChI=1S/C13H12ClIN2O2S/c1-7-3-11(9(4-10(7)15)12(18)19-2)16-5-8-6-17-13(14)20-8/h3-4,6,16H,5H2,1-2H3. The predicted molar refractivity (Wildman–Crippen MR) is 89.7 cm³/mol. The summed E-state index contributed by atoms with van der Waals surface area (Å²) in [7, 11) is 1.38. The first-order chi connectivity index (χ1) is 9.51. The average Bonchev–Trinajstić information content (AvgIpc) is 2.84. The summed E-state index contributed by atoms with van der Waals surface area (Å²) in [5.74, 6) is -0.354. The molecule has 0 saturated heterocycles. The summed E-state index contributed by atoms with van der Waals surface area (Å²) in [6.45, 7) is 2.56. The van der Waals surface area contributed by atoms with Crippen LogP contribution in [-0.4, -0.2) is 18.1 Å². The van der Waals surface area contributed by atoms with Crippen LogP contribution in [0.5, 0.6) is 0 Å². The summed E-state index contributed by atoms with van der Waals surface area (Å²) in [6.07, 6.45) is 1.72. The van der Waals surface area contributed by atoms with E-state index in [1.807, 2.05) is 19.1 Å². The zero-order valence-electron chi connectivity index (χ0n) is 10.9. The van der Waals surface area contributed by atoms with Gasteiger partial charge in [0.05, 0.1) is 19.2 Å². The number of anilines is 1. The summed E-state index contributed by atoms with van der Waals surface area (Å²) >= 11 is 9.40. The molecule has 0 fully saturated rings. The molecule has 0 radical (unpaired) electrons. The largest absolute Gasteiger partial charge is 0.465 e. The molecular formula is C13H12ClIN2O2S. The molecule has 1 aromatic carbocycles. The Labute approximate surface area is 139 Å². The van der Waals surface area contributed by atoms with Crippen molar-refractivity contribution in [2.24, 2.45) is 0 Å². The Kier molecular flexibility index (Phi) is 5.22. The van der Waals surface area contributed by atoms with Crippen LogP contribution in [0.3, 0.4) is 0 Å². The van der Waals surface area contributed by atoms with E-state index in [4.69, 9.17) is 16.3 Å². The number of benzene rings is 1. The van der Waals surface area contributed by atoms with Gasteiger partial charge in [-0.05, 0) is 47.2 Å². The van der Waals surface area contributed by atoms with Gasteiger partial charge in [-0.3, -0.25) is 0 Å². The molecule has 0 aliphatic carbocycles. The van der Waals surface area contributed by atoms with Crippen LogP contribution in [0.4, 0.5) is 5.69 Å². The van der Waals surface area contributed by atoms with E-state index in [2.05, 4.69) is 32.9 Å². The molecule has 1 heterocycles. The van der Waals surface area contributed by atoms with Crippen LogP contribution < -0.4 is 5.32 Å². The second-order valence-corrected chi connectivity index (χ2v) is 6.93. The molecule has 0 unspecified atom stereocenters. The number of hydrogen-bond donors (Lipinski definition) is 1. The van der Waals surface area contributed by atoms with E-state index >= 15 is 0 Å². The van der Waals surface area contributed by atoms with E-state index in [9.17, 15) is 4.79 Å². The lowest BCUT2D eigenvalue weighted by molar-refractivity contribution is 0.0601. The zero-order chi connectivity index (χ0) is 14.7. The van der Waals surface area contributed by atoms with Gasteiger partial charge in [0.25, 0.3) is 0 Å². The van der Waals surface area contributed by atoms with E-state index in [1.165, 1.54) is 18.4 Å². The number of hydrogen-bond acceptors (Lipinski definition) is 5. The highest BCUT2D eigenvalue weighted by Crippen LogP contribution is 2.25. The van der Waals surface area contributed by atoms with Crippen molar-refractivity contribution in [3.8, 4) is 0 Å². The molecule has 4 nitrogen and oxygen atoms in total. The van der Waals surface area contributed by atoms with Crippen molar-refractivity contribution in [1.29, 1.82) is 0 Å². The lowest BCUT2D eigenvalue weighted by Crippen LogP contribution is -2.09. The number of thiazole rings is 1. The van der Waals surface area contributed by atoms with Crippen LogP contribution in [0.2, 0.25) is 4.47 Å². The van der Waals surface area contributed by atoms with Crippen LogP contribution in [-0.2, 0) is 11.3 Å². The normalized spacial score (nSPS) is 10.4. The number of halogens is 2. The molecule has 0 amide bonds. The number of methoxy groups -OCH3 is 1. The maximum Gasteiger partial charge on any atom is 0.339 e. The minimum absolute atomic E-state index is 0.354. The van der Waals surface area contributed by atoms with Gasteiger partial charge < -0.3 is 10.1 Å². The summed E-state index contributed by atoms with van der Waals surface area (Å²) in [4.78, 5) is 16.8. The Bertz CT molecular complexity index is 645. The topological polar surface area (TPSA) is 51.2 Å². The molecule has 2 aromatic rings. The van der Waals surface area contributed by atoms with E-state index in [-0.39, 0.29) is 5.97 Å². The first-order valence-corrected chi connectivity index (χ1v) is 8.01. The van der Waals surface area contributed by atoms with E-state index in [1.54, 1.807) is 6.20 Å². The fourth-order valence-electron chi connectivity index (χ4n) is 1.65. The van der Waals surface area contributed by atoms with Gasteiger partial charge in [0, 0.05) is 20.3 Å². The van der Waals surface area contributed by atoms with Gasteiger partial charge in [-0.1, -0.05) is 11.6 Å². The smallest absolute Gasteiger partial charge is 0.339 e. The molecule has 7 heteroatoms. The third-order valence-corrected chi connectivity index (χ3v) is 4.96. The molecule has 0 aliphatic rings. The minimum Gasteiger partial charge on any atom is -0.465 e. The summed E-state index contributed by atoms with van der Waals surface area (Å²) in [5, 5.41) is 3.23. The number of aryl methyl sites for hydroxylation is 1. The maximum atomic E-state index is 11.8. The second kappa shape index (κ2) is 6.73. The van der Waals surface area contributed by atoms with Crippen molar-refractivity contribution in [3.05, 3.63) is 42.4 Å². The number of aromatic nitrogens is 1. The lowest BCUT2D eigenvalue weighted by Gasteiger charge is -2.12. The summed E-state index contributed by atoms with van der Waals surface area (Å²) < 4.78 is 6.35. The molecule has 1 N–H and O–H groups in total. The summed E-state index contributed by atoms with van der Waals surface area (Å²) in [5.41, 5.74) is 2.38. The highest BCUT2D eigenvalue weighted by molar-refractivity contribution is 14.1. The molecule has 0 saturated carbocycles. The highest BCUT2D eigenvalue weighted by Gasteiger charge is 2.14. The number of carbonyl (C=O) groups is 1. The van der Waals surface area contributed by atoms with Crippen molar-refractivity contribution >= 4 is 57.2 Å². The highest BCUT2D eigenvalue weighted by atomic mass is 127. The first-order valence-electron chi connectivity index (χ1n) is 5.73. The van der Waals surface area contributed by atoms with Gasteiger partial charge >= 0.3 is 5.97 Å². The molecule has 1 aromatic heterocycles. The van der Waals surface area contributed by atoms with Crippen LogP contribution in [0, 0.1) is 10.5 Å². The number of nitrogens with one attached hydrogen (secondary N) is 1. The van der Waals surface area contributed by atoms with Gasteiger partial charge in [-0.2, -0.15) is 0 Å². The van der Waals surface area contributed by atoms with Crippen molar-refractivity contribution < 1.29 is 9.53 Å². The molecule has 2 rings (SSSR count). The average molecular weight is 423 g/mol. The molecule has 106 valence electrons. The fraction of sp³-hybridized carbons (Fsp3) is 0.231. The fourth-order valence-corrected chi connectivity index (χ4v) is 3.04. The number of carbonyl (C=O) groups excluding carboxylic acids is 1. The number of nitrogens with zero attached hydrogens (tertiary/aromatic N) is 1. The molecule has 20 heavy (non-hydrogen) atoms. The Balaban J connectivity index is 2.25. The number of rotatable bonds is 4. The molecule has 0 aliphatic heterocycles. The Morgan fingerprint density at radius 2 is 2.30 bits per heavy atom. The zero-order valence-corrected chi connectivity index (χ0v) is 14.6. The van der Waals surface area contributed by atoms with Gasteiger partial charge in [0.1, 0.15) is 0 Å². The second-order valence-electron chi connectivity index (χ2n) is 4.07.